The molecule has 4 rings (SSSR count). The molecular formula is C19H25N5O2S. The number of rotatable bonds is 5. The minimum Gasteiger partial charge on any atom is -0.497 e. The molecule has 0 radical (unpaired) electrons. The first-order valence-corrected chi connectivity index (χ1v) is 10.6. The summed E-state index contributed by atoms with van der Waals surface area (Å²) in [5, 5.41) is 12.6. The van der Waals surface area contributed by atoms with E-state index in [2.05, 4.69) is 20.4 Å². The van der Waals surface area contributed by atoms with Crippen molar-refractivity contribution in [3.8, 4) is 11.4 Å². The lowest BCUT2D eigenvalue weighted by molar-refractivity contribution is -0.134. The van der Waals surface area contributed by atoms with Gasteiger partial charge in [-0.3, -0.25) is 4.79 Å². The molecule has 144 valence electrons. The minimum absolute atomic E-state index is 0.209. The predicted molar refractivity (Wildman–Crippen MR) is 103 cm³/mol. The number of tetrazole rings is 1. The number of carbonyl (C=O) groups excluding carboxylic acids is 1. The molecule has 2 fully saturated rings. The Kier molecular flexibility index (Phi) is 5.61. The van der Waals surface area contributed by atoms with E-state index in [0.29, 0.717) is 22.9 Å². The summed E-state index contributed by atoms with van der Waals surface area (Å²) in [5.41, 5.74) is 0.848. The molecule has 8 heteroatoms. The van der Waals surface area contributed by atoms with Crippen molar-refractivity contribution in [3.05, 3.63) is 24.3 Å². The zero-order valence-electron chi connectivity index (χ0n) is 15.6. The van der Waals surface area contributed by atoms with E-state index in [9.17, 15) is 4.79 Å². The van der Waals surface area contributed by atoms with Gasteiger partial charge in [0.2, 0.25) is 11.1 Å². The summed E-state index contributed by atoms with van der Waals surface area (Å²) in [6, 6.07) is 7.98. The van der Waals surface area contributed by atoms with Gasteiger partial charge in [-0.15, -0.1) is 5.10 Å². The number of nitrogens with zero attached hydrogens (tertiary/aromatic N) is 5. The fourth-order valence-electron chi connectivity index (χ4n) is 4.30. The van der Waals surface area contributed by atoms with Crippen LogP contribution in [0.5, 0.6) is 5.75 Å². The normalized spacial score (nSPS) is 22.3. The van der Waals surface area contributed by atoms with Gasteiger partial charge in [0.05, 0.1) is 18.6 Å². The molecule has 1 aliphatic heterocycles. The van der Waals surface area contributed by atoms with Gasteiger partial charge in [0, 0.05) is 12.6 Å². The Morgan fingerprint density at radius 2 is 1.96 bits per heavy atom. The van der Waals surface area contributed by atoms with Gasteiger partial charge in [-0.25, -0.2) is 0 Å². The lowest BCUT2D eigenvalue weighted by Crippen LogP contribution is -2.50. The van der Waals surface area contributed by atoms with Crippen LogP contribution in [0.3, 0.4) is 0 Å². The van der Waals surface area contributed by atoms with Gasteiger partial charge in [0.15, 0.2) is 0 Å². The van der Waals surface area contributed by atoms with E-state index in [1.165, 1.54) is 37.4 Å². The quantitative estimate of drug-likeness (QED) is 0.735. The number of thioether (sulfide) groups is 1. The zero-order chi connectivity index (χ0) is 18.6. The second-order valence-corrected chi connectivity index (χ2v) is 8.14. The maximum absolute atomic E-state index is 12.9. The first-order valence-electron chi connectivity index (χ1n) is 9.61. The molecule has 0 N–H and O–H groups in total. The van der Waals surface area contributed by atoms with Crippen LogP contribution in [0.4, 0.5) is 0 Å². The number of benzene rings is 1. The van der Waals surface area contributed by atoms with Crippen LogP contribution in [-0.2, 0) is 4.79 Å². The van der Waals surface area contributed by atoms with Crippen LogP contribution in [0.1, 0.15) is 38.5 Å². The second kappa shape index (κ2) is 8.29. The molecular weight excluding hydrogens is 362 g/mol. The highest BCUT2D eigenvalue weighted by Crippen LogP contribution is 2.35. The van der Waals surface area contributed by atoms with Crippen molar-refractivity contribution < 1.29 is 9.53 Å². The first kappa shape index (κ1) is 18.3. The van der Waals surface area contributed by atoms with E-state index < -0.39 is 0 Å². The Labute approximate surface area is 163 Å². The van der Waals surface area contributed by atoms with E-state index in [-0.39, 0.29) is 5.91 Å². The molecule has 1 saturated heterocycles. The molecule has 0 bridgehead atoms. The Morgan fingerprint density at radius 3 is 2.78 bits per heavy atom. The maximum atomic E-state index is 12.9. The van der Waals surface area contributed by atoms with Crippen molar-refractivity contribution in [1.29, 1.82) is 0 Å². The van der Waals surface area contributed by atoms with Gasteiger partial charge in [0.25, 0.3) is 0 Å². The van der Waals surface area contributed by atoms with Crippen LogP contribution in [0.2, 0.25) is 0 Å². The average Bonchev–Trinajstić information content (AvgIpc) is 3.20. The number of fused-ring (bicyclic) bond motifs is 1. The first-order chi connectivity index (χ1) is 13.3. The van der Waals surface area contributed by atoms with Gasteiger partial charge in [0.1, 0.15) is 5.75 Å². The number of aromatic nitrogens is 4. The third kappa shape index (κ3) is 3.95. The zero-order valence-corrected chi connectivity index (χ0v) is 16.4. The Bertz CT molecular complexity index is 777. The molecule has 2 unspecified atom stereocenters. The van der Waals surface area contributed by atoms with Gasteiger partial charge in [-0.1, -0.05) is 24.6 Å². The molecule has 1 saturated carbocycles. The summed E-state index contributed by atoms with van der Waals surface area (Å²) < 4.78 is 6.85. The van der Waals surface area contributed by atoms with Crippen LogP contribution >= 0.6 is 11.8 Å². The second-order valence-electron chi connectivity index (χ2n) is 7.20. The molecule has 27 heavy (non-hydrogen) atoms. The molecule has 2 atom stereocenters. The third-order valence-electron chi connectivity index (χ3n) is 5.65. The minimum atomic E-state index is 0.209. The highest BCUT2D eigenvalue weighted by molar-refractivity contribution is 7.99. The molecule has 1 amide bonds. The number of hydrogen-bond acceptors (Lipinski definition) is 6. The number of methoxy groups -OCH3 is 1. The maximum Gasteiger partial charge on any atom is 0.233 e. The number of ether oxygens (including phenoxy) is 1. The number of amides is 1. The molecule has 2 aliphatic rings. The van der Waals surface area contributed by atoms with Crippen LogP contribution in [-0.4, -0.2) is 56.5 Å². The fraction of sp³-hybridized carbons (Fsp3) is 0.579. The highest BCUT2D eigenvalue weighted by Gasteiger charge is 2.35. The summed E-state index contributed by atoms with van der Waals surface area (Å²) in [7, 11) is 1.64. The van der Waals surface area contributed by atoms with Crippen molar-refractivity contribution in [2.24, 2.45) is 5.92 Å². The van der Waals surface area contributed by atoms with Crippen molar-refractivity contribution >= 4 is 17.7 Å². The summed E-state index contributed by atoms with van der Waals surface area (Å²) in [5.74, 6) is 2.06. The SMILES string of the molecule is COc1ccc(-n2nnnc2SCC(=O)N2CCCC3CCCCC32)cc1. The van der Waals surface area contributed by atoms with Crippen LogP contribution < -0.4 is 4.74 Å². The van der Waals surface area contributed by atoms with Gasteiger partial charge < -0.3 is 9.64 Å². The molecule has 1 aliphatic carbocycles. The fourth-order valence-corrected chi connectivity index (χ4v) is 5.07. The standard InChI is InChI=1S/C19H25N5O2S/c1-26-16-10-8-15(9-11-16)24-19(20-21-22-24)27-13-18(25)23-12-4-6-14-5-2-3-7-17(14)23/h8-11,14,17H,2-7,12-13H2,1H3. The van der Waals surface area contributed by atoms with Gasteiger partial charge >= 0.3 is 0 Å². The Morgan fingerprint density at radius 1 is 1.19 bits per heavy atom. The van der Waals surface area contributed by atoms with E-state index in [1.54, 1.807) is 11.8 Å². The molecule has 1 aromatic heterocycles. The molecule has 7 nitrogen and oxygen atoms in total. The van der Waals surface area contributed by atoms with Crippen molar-refractivity contribution in [3.63, 3.8) is 0 Å². The highest BCUT2D eigenvalue weighted by atomic mass is 32.2. The molecule has 2 heterocycles. The largest absolute Gasteiger partial charge is 0.497 e. The Hall–Kier alpha value is -2.09. The van der Waals surface area contributed by atoms with E-state index >= 15 is 0 Å². The number of piperidine rings is 1. The monoisotopic (exact) mass is 387 g/mol. The molecule has 0 spiro atoms. The summed E-state index contributed by atoms with van der Waals surface area (Å²) in [6.45, 7) is 0.893. The van der Waals surface area contributed by atoms with E-state index in [1.807, 2.05) is 24.3 Å². The lowest BCUT2D eigenvalue weighted by atomic mass is 9.78. The topological polar surface area (TPSA) is 73.1 Å². The number of hydrogen-bond donors (Lipinski definition) is 0. The summed E-state index contributed by atoms with van der Waals surface area (Å²) in [6.07, 6.45) is 7.39. The van der Waals surface area contributed by atoms with Gasteiger partial charge in [-0.05, 0) is 66.3 Å². The summed E-state index contributed by atoms with van der Waals surface area (Å²) in [4.78, 5) is 15.0. The lowest BCUT2D eigenvalue weighted by Gasteiger charge is -2.44. The van der Waals surface area contributed by atoms with Crippen molar-refractivity contribution in [2.75, 3.05) is 19.4 Å². The van der Waals surface area contributed by atoms with E-state index in [4.69, 9.17) is 4.74 Å². The predicted octanol–water partition coefficient (Wildman–Crippen LogP) is 2.94. The van der Waals surface area contributed by atoms with Crippen molar-refractivity contribution in [2.45, 2.75) is 49.7 Å². The Balaban J connectivity index is 1.41. The number of likely N-dealkylation sites (tertiary alicyclic amines) is 1. The van der Waals surface area contributed by atoms with Crippen LogP contribution in [0, 0.1) is 5.92 Å². The van der Waals surface area contributed by atoms with Crippen molar-refractivity contribution in [1.82, 2.24) is 25.1 Å². The number of carbonyl (C=O) groups is 1. The third-order valence-corrected chi connectivity index (χ3v) is 6.55. The molecule has 2 aromatic rings. The van der Waals surface area contributed by atoms with Crippen LogP contribution in [0.15, 0.2) is 29.4 Å². The molecule has 1 aromatic carbocycles. The van der Waals surface area contributed by atoms with E-state index in [0.717, 1.165) is 30.8 Å². The summed E-state index contributed by atoms with van der Waals surface area (Å²) >= 11 is 1.40. The smallest absolute Gasteiger partial charge is 0.233 e. The van der Waals surface area contributed by atoms with Crippen LogP contribution in [0.25, 0.3) is 5.69 Å². The average molecular weight is 388 g/mol. The van der Waals surface area contributed by atoms with Gasteiger partial charge in [-0.2, -0.15) is 4.68 Å².